The second kappa shape index (κ2) is 7.21. The highest BCUT2D eigenvalue weighted by atomic mass is 16.7. The van der Waals surface area contributed by atoms with Gasteiger partial charge in [0.25, 0.3) is 0 Å². The summed E-state index contributed by atoms with van der Waals surface area (Å²) >= 11 is 0. The molecule has 2 rings (SSSR count). The minimum atomic E-state index is -2.37. The van der Waals surface area contributed by atoms with E-state index in [-0.39, 0.29) is 0 Å². The van der Waals surface area contributed by atoms with E-state index in [1.54, 1.807) is 0 Å². The molecule has 0 aromatic rings. The number of aliphatic hydroxyl groups is 8. The standard InChI is InChI=1S/C12H22O11/c13-1-4-6(16)7(17)8(18)11(21-4)22-9-5(2-14)23-12(20,3-15)10(9)19/h4-11,13-20H,1-3H2/t4?,5-,6+,7+,8?,9+,10?,11+,12-/m1/s1. The summed E-state index contributed by atoms with van der Waals surface area (Å²) in [6.45, 7) is -2.32. The van der Waals surface area contributed by atoms with Gasteiger partial charge in [-0.15, -0.1) is 0 Å². The Balaban J connectivity index is 2.13. The lowest BCUT2D eigenvalue weighted by atomic mass is 9.99. The van der Waals surface area contributed by atoms with Gasteiger partial charge >= 0.3 is 0 Å². The number of aliphatic hydroxyl groups excluding tert-OH is 7. The van der Waals surface area contributed by atoms with Gasteiger partial charge in [-0.05, 0) is 0 Å². The van der Waals surface area contributed by atoms with E-state index in [4.69, 9.17) is 24.4 Å². The van der Waals surface area contributed by atoms with Gasteiger partial charge in [0.2, 0.25) is 5.79 Å². The van der Waals surface area contributed by atoms with Crippen LogP contribution in [0.25, 0.3) is 0 Å². The van der Waals surface area contributed by atoms with E-state index in [1.165, 1.54) is 0 Å². The minimum absolute atomic E-state index is 0.668. The summed E-state index contributed by atoms with van der Waals surface area (Å²) in [5, 5.41) is 76.5. The highest BCUT2D eigenvalue weighted by Crippen LogP contribution is 2.33. The van der Waals surface area contributed by atoms with E-state index in [2.05, 4.69) is 0 Å². The molecule has 0 bridgehead atoms. The molecule has 3 unspecified atom stereocenters. The molecule has 0 saturated carbocycles. The van der Waals surface area contributed by atoms with Crippen molar-refractivity contribution in [3.63, 3.8) is 0 Å². The smallest absolute Gasteiger partial charge is 0.219 e. The van der Waals surface area contributed by atoms with Gasteiger partial charge in [0.15, 0.2) is 6.29 Å². The fraction of sp³-hybridized carbons (Fsp3) is 1.00. The van der Waals surface area contributed by atoms with E-state index in [0.29, 0.717) is 0 Å². The van der Waals surface area contributed by atoms with Crippen LogP contribution in [0.1, 0.15) is 0 Å². The van der Waals surface area contributed by atoms with Crippen molar-refractivity contribution in [3.8, 4) is 0 Å². The third kappa shape index (κ3) is 3.36. The second-order valence-electron chi connectivity index (χ2n) is 5.58. The first-order valence-corrected chi connectivity index (χ1v) is 7.05. The van der Waals surface area contributed by atoms with Gasteiger partial charge in [-0.3, -0.25) is 0 Å². The highest BCUT2D eigenvalue weighted by molar-refractivity contribution is 4.98. The Morgan fingerprint density at radius 2 is 1.48 bits per heavy atom. The van der Waals surface area contributed by atoms with E-state index in [9.17, 15) is 30.6 Å². The fourth-order valence-corrected chi connectivity index (χ4v) is 2.63. The molecule has 0 spiro atoms. The molecule has 0 amide bonds. The van der Waals surface area contributed by atoms with Crippen LogP contribution < -0.4 is 0 Å². The first-order chi connectivity index (χ1) is 10.8. The Morgan fingerprint density at radius 1 is 0.870 bits per heavy atom. The lowest BCUT2D eigenvalue weighted by molar-refractivity contribution is -0.318. The molecule has 136 valence electrons. The number of hydrogen-bond donors (Lipinski definition) is 8. The maximum atomic E-state index is 10.00. The van der Waals surface area contributed by atoms with Crippen molar-refractivity contribution in [1.29, 1.82) is 0 Å². The van der Waals surface area contributed by atoms with Crippen molar-refractivity contribution in [3.05, 3.63) is 0 Å². The van der Waals surface area contributed by atoms with Crippen molar-refractivity contribution >= 4 is 0 Å². The van der Waals surface area contributed by atoms with Crippen LogP contribution in [-0.2, 0) is 14.2 Å². The third-order valence-corrected chi connectivity index (χ3v) is 4.04. The zero-order chi connectivity index (χ0) is 17.4. The lowest BCUT2D eigenvalue weighted by Gasteiger charge is -2.41. The van der Waals surface area contributed by atoms with Gasteiger partial charge in [-0.2, -0.15) is 0 Å². The zero-order valence-corrected chi connectivity index (χ0v) is 12.0. The van der Waals surface area contributed by atoms with E-state index in [0.717, 1.165) is 0 Å². The quantitative estimate of drug-likeness (QED) is 0.238. The molecule has 0 aromatic carbocycles. The summed E-state index contributed by atoms with van der Waals surface area (Å²) in [4.78, 5) is 0. The molecule has 0 radical (unpaired) electrons. The summed E-state index contributed by atoms with van der Waals surface area (Å²) in [6, 6.07) is 0. The Labute approximate surface area is 130 Å². The molecule has 0 aromatic heterocycles. The number of ether oxygens (including phenoxy) is 3. The molecule has 2 saturated heterocycles. The van der Waals surface area contributed by atoms with Crippen LogP contribution in [0.5, 0.6) is 0 Å². The van der Waals surface area contributed by atoms with Crippen molar-refractivity contribution in [2.24, 2.45) is 0 Å². The van der Waals surface area contributed by atoms with E-state index in [1.807, 2.05) is 0 Å². The zero-order valence-electron chi connectivity index (χ0n) is 12.0. The van der Waals surface area contributed by atoms with Crippen LogP contribution in [0.2, 0.25) is 0 Å². The fourth-order valence-electron chi connectivity index (χ4n) is 2.63. The topological polar surface area (TPSA) is 190 Å². The van der Waals surface area contributed by atoms with Crippen LogP contribution in [0, 0.1) is 0 Å². The molecule has 2 aliphatic rings. The molecular weight excluding hydrogens is 320 g/mol. The van der Waals surface area contributed by atoms with Crippen LogP contribution in [0.4, 0.5) is 0 Å². The number of rotatable bonds is 5. The van der Waals surface area contributed by atoms with Crippen LogP contribution in [0.3, 0.4) is 0 Å². The number of hydrogen-bond acceptors (Lipinski definition) is 11. The summed E-state index contributed by atoms with van der Waals surface area (Å²) < 4.78 is 15.3. The first-order valence-electron chi connectivity index (χ1n) is 7.05. The maximum Gasteiger partial charge on any atom is 0.219 e. The molecule has 2 fully saturated rings. The lowest BCUT2D eigenvalue weighted by Crippen LogP contribution is -2.60. The van der Waals surface area contributed by atoms with Gasteiger partial charge in [0.1, 0.15) is 42.7 Å². The van der Waals surface area contributed by atoms with Crippen molar-refractivity contribution in [2.75, 3.05) is 19.8 Å². The van der Waals surface area contributed by atoms with Gasteiger partial charge in [0.05, 0.1) is 19.8 Å². The van der Waals surface area contributed by atoms with Crippen molar-refractivity contribution in [2.45, 2.75) is 54.8 Å². The van der Waals surface area contributed by atoms with Gasteiger partial charge in [-0.25, -0.2) is 0 Å². The predicted octanol–water partition coefficient (Wildman–Crippen LogP) is -5.40. The average molecular weight is 342 g/mol. The average Bonchev–Trinajstić information content (AvgIpc) is 2.80. The van der Waals surface area contributed by atoms with Crippen LogP contribution in [-0.4, -0.2) is 115 Å². The molecule has 2 aliphatic heterocycles. The van der Waals surface area contributed by atoms with Crippen molar-refractivity contribution < 1.29 is 55.1 Å². The summed E-state index contributed by atoms with van der Waals surface area (Å²) in [5.74, 6) is -2.37. The second-order valence-corrected chi connectivity index (χ2v) is 5.58. The Kier molecular flexibility index (Phi) is 5.92. The Hall–Kier alpha value is -0.440. The SMILES string of the molecule is OCC1O[C@@H](O[C@@H]2C(O)[C@@](O)(CO)O[C@@H]2CO)C(O)[C@@H](O)[C@H]1O. The molecule has 9 atom stereocenters. The van der Waals surface area contributed by atoms with E-state index < -0.39 is 74.6 Å². The minimum Gasteiger partial charge on any atom is -0.394 e. The largest absolute Gasteiger partial charge is 0.394 e. The molecule has 2 heterocycles. The van der Waals surface area contributed by atoms with Crippen molar-refractivity contribution in [1.82, 2.24) is 0 Å². The summed E-state index contributed by atoms with van der Waals surface area (Å²) in [6.07, 6.45) is -12.2. The van der Waals surface area contributed by atoms with Gasteiger partial charge in [0, 0.05) is 0 Å². The molecule has 23 heavy (non-hydrogen) atoms. The van der Waals surface area contributed by atoms with E-state index >= 15 is 0 Å². The first kappa shape index (κ1) is 18.9. The Morgan fingerprint density at radius 3 is 2.00 bits per heavy atom. The summed E-state index contributed by atoms with van der Waals surface area (Å²) in [7, 11) is 0. The monoisotopic (exact) mass is 342 g/mol. The summed E-state index contributed by atoms with van der Waals surface area (Å²) in [5.41, 5.74) is 0. The Bertz CT molecular complexity index is 393. The van der Waals surface area contributed by atoms with Gasteiger partial charge < -0.3 is 55.1 Å². The third-order valence-electron chi connectivity index (χ3n) is 4.04. The van der Waals surface area contributed by atoms with Crippen LogP contribution >= 0.6 is 0 Å². The molecule has 0 aliphatic carbocycles. The van der Waals surface area contributed by atoms with Crippen LogP contribution in [0.15, 0.2) is 0 Å². The predicted molar refractivity (Wildman–Crippen MR) is 68.6 cm³/mol. The molecule has 11 nitrogen and oxygen atoms in total. The maximum absolute atomic E-state index is 10.00. The molecule has 8 N–H and O–H groups in total. The highest BCUT2D eigenvalue weighted by Gasteiger charge is 2.56. The molecule has 11 heteroatoms. The van der Waals surface area contributed by atoms with Gasteiger partial charge in [-0.1, -0.05) is 0 Å². The normalized spacial score (nSPS) is 51.1. The molecular formula is C12H22O11.